The summed E-state index contributed by atoms with van der Waals surface area (Å²) in [7, 11) is 2.07. The Labute approximate surface area is 100 Å². The molecule has 0 unspecified atom stereocenters. The second-order valence-electron chi connectivity index (χ2n) is 4.10. The van der Waals surface area contributed by atoms with Crippen LogP contribution in [-0.4, -0.2) is 34.3 Å². The number of H-pyrrole nitrogens is 1. The van der Waals surface area contributed by atoms with Gasteiger partial charge >= 0.3 is 0 Å². The number of halogens is 1. The molecule has 0 amide bonds. The Morgan fingerprint density at radius 1 is 1.44 bits per heavy atom. The van der Waals surface area contributed by atoms with Gasteiger partial charge in [0, 0.05) is 19.0 Å². The van der Waals surface area contributed by atoms with Gasteiger partial charge in [-0.2, -0.15) is 0 Å². The summed E-state index contributed by atoms with van der Waals surface area (Å²) >= 11 is 5.70. The monoisotopic (exact) mass is 237 g/mol. The van der Waals surface area contributed by atoms with Gasteiger partial charge in [-0.25, -0.2) is 4.98 Å². The van der Waals surface area contributed by atoms with E-state index in [0.29, 0.717) is 5.88 Å². The Bertz CT molecular complexity index is 478. The van der Waals surface area contributed by atoms with Gasteiger partial charge in [-0.3, -0.25) is 0 Å². The number of aryl methyl sites for hydroxylation is 1. The van der Waals surface area contributed by atoms with Gasteiger partial charge < -0.3 is 9.88 Å². The lowest BCUT2D eigenvalue weighted by Gasteiger charge is -2.14. The van der Waals surface area contributed by atoms with Crippen LogP contribution in [0.25, 0.3) is 11.0 Å². The highest BCUT2D eigenvalue weighted by molar-refractivity contribution is 6.18. The third kappa shape index (κ3) is 2.54. The third-order valence-electron chi connectivity index (χ3n) is 2.58. The van der Waals surface area contributed by atoms with Crippen molar-refractivity contribution in [1.29, 1.82) is 0 Å². The molecule has 0 aliphatic heterocycles. The minimum atomic E-state index is 0.669. The molecule has 16 heavy (non-hydrogen) atoms. The van der Waals surface area contributed by atoms with E-state index in [4.69, 9.17) is 11.6 Å². The summed E-state index contributed by atoms with van der Waals surface area (Å²) < 4.78 is 0. The summed E-state index contributed by atoms with van der Waals surface area (Å²) in [6.07, 6.45) is 0. The summed E-state index contributed by atoms with van der Waals surface area (Å²) in [6, 6.07) is 6.33. The standard InChI is InChI=1S/C12H16ClN3/c1-9-14-11-4-3-10(7-12(11)15-9)8-16(2)6-5-13/h3-4,7H,5-6,8H2,1-2H3,(H,14,15). The highest BCUT2D eigenvalue weighted by atomic mass is 35.5. The number of aromatic amines is 1. The molecule has 1 N–H and O–H groups in total. The summed E-state index contributed by atoms with van der Waals surface area (Å²) in [4.78, 5) is 9.83. The van der Waals surface area contributed by atoms with Crippen molar-refractivity contribution in [3.63, 3.8) is 0 Å². The van der Waals surface area contributed by atoms with Gasteiger partial charge in [0.25, 0.3) is 0 Å². The topological polar surface area (TPSA) is 31.9 Å². The first-order valence-electron chi connectivity index (χ1n) is 5.39. The summed E-state index contributed by atoms with van der Waals surface area (Å²) in [5.41, 5.74) is 3.42. The van der Waals surface area contributed by atoms with Crippen molar-refractivity contribution in [2.45, 2.75) is 13.5 Å². The largest absolute Gasteiger partial charge is 0.342 e. The van der Waals surface area contributed by atoms with Crippen LogP contribution in [0.3, 0.4) is 0 Å². The SMILES string of the molecule is Cc1nc2ccc(CN(C)CCCl)cc2[nH]1. The van der Waals surface area contributed by atoms with Crippen LogP contribution in [0, 0.1) is 6.92 Å². The number of rotatable bonds is 4. The Hall–Kier alpha value is -1.06. The van der Waals surface area contributed by atoms with Crippen LogP contribution >= 0.6 is 11.6 Å². The molecule has 3 nitrogen and oxygen atoms in total. The van der Waals surface area contributed by atoms with Crippen molar-refractivity contribution in [2.24, 2.45) is 0 Å². The van der Waals surface area contributed by atoms with E-state index in [0.717, 1.165) is 29.9 Å². The fraction of sp³-hybridized carbons (Fsp3) is 0.417. The van der Waals surface area contributed by atoms with Gasteiger partial charge in [0.15, 0.2) is 0 Å². The Kier molecular flexibility index (Phi) is 3.46. The van der Waals surface area contributed by atoms with Crippen molar-refractivity contribution in [3.05, 3.63) is 29.6 Å². The second-order valence-corrected chi connectivity index (χ2v) is 4.48. The minimum Gasteiger partial charge on any atom is -0.342 e. The number of aromatic nitrogens is 2. The van der Waals surface area contributed by atoms with Gasteiger partial charge in [-0.15, -0.1) is 11.6 Å². The number of nitrogens with one attached hydrogen (secondary N) is 1. The summed E-state index contributed by atoms with van der Waals surface area (Å²) in [6.45, 7) is 3.79. The van der Waals surface area contributed by atoms with Gasteiger partial charge in [0.2, 0.25) is 0 Å². The van der Waals surface area contributed by atoms with E-state index < -0.39 is 0 Å². The van der Waals surface area contributed by atoms with Crippen LogP contribution in [0.4, 0.5) is 0 Å². The maximum absolute atomic E-state index is 5.70. The van der Waals surface area contributed by atoms with Crippen LogP contribution in [0.15, 0.2) is 18.2 Å². The molecule has 0 saturated heterocycles. The van der Waals surface area contributed by atoms with E-state index >= 15 is 0 Å². The molecule has 2 rings (SSSR count). The molecule has 86 valence electrons. The lowest BCUT2D eigenvalue weighted by atomic mass is 10.2. The molecule has 0 aliphatic rings. The average molecular weight is 238 g/mol. The molecule has 0 saturated carbocycles. The molecule has 2 aromatic rings. The van der Waals surface area contributed by atoms with Crippen molar-refractivity contribution in [2.75, 3.05) is 19.5 Å². The molecule has 0 fully saturated rings. The van der Waals surface area contributed by atoms with Crippen molar-refractivity contribution < 1.29 is 0 Å². The zero-order chi connectivity index (χ0) is 11.5. The Morgan fingerprint density at radius 2 is 2.25 bits per heavy atom. The normalized spacial score (nSPS) is 11.5. The fourth-order valence-electron chi connectivity index (χ4n) is 1.82. The number of benzene rings is 1. The van der Waals surface area contributed by atoms with Crippen molar-refractivity contribution in [3.8, 4) is 0 Å². The van der Waals surface area contributed by atoms with Crippen LogP contribution in [-0.2, 0) is 6.54 Å². The Morgan fingerprint density at radius 3 is 3.00 bits per heavy atom. The number of hydrogen-bond acceptors (Lipinski definition) is 2. The molecule has 0 atom stereocenters. The van der Waals surface area contributed by atoms with E-state index in [1.807, 2.05) is 6.92 Å². The second kappa shape index (κ2) is 4.85. The van der Waals surface area contributed by atoms with E-state index in [1.165, 1.54) is 5.56 Å². The molecule has 4 heteroatoms. The fourth-order valence-corrected chi connectivity index (χ4v) is 2.11. The quantitative estimate of drug-likeness (QED) is 0.829. The lowest BCUT2D eigenvalue weighted by molar-refractivity contribution is 0.348. The predicted octanol–water partition coefficient (Wildman–Crippen LogP) is 2.54. The molecular weight excluding hydrogens is 222 g/mol. The lowest BCUT2D eigenvalue weighted by Crippen LogP contribution is -2.19. The number of alkyl halides is 1. The van der Waals surface area contributed by atoms with Crippen molar-refractivity contribution >= 4 is 22.6 Å². The molecule has 1 heterocycles. The number of hydrogen-bond donors (Lipinski definition) is 1. The molecule has 0 radical (unpaired) electrons. The number of imidazole rings is 1. The highest BCUT2D eigenvalue weighted by Gasteiger charge is 2.03. The molecular formula is C12H16ClN3. The zero-order valence-electron chi connectivity index (χ0n) is 9.63. The van der Waals surface area contributed by atoms with Crippen LogP contribution in [0.5, 0.6) is 0 Å². The average Bonchev–Trinajstić information content (AvgIpc) is 2.57. The van der Waals surface area contributed by atoms with Crippen LogP contribution in [0.2, 0.25) is 0 Å². The van der Waals surface area contributed by atoms with Crippen molar-refractivity contribution in [1.82, 2.24) is 14.9 Å². The van der Waals surface area contributed by atoms with Gasteiger partial charge in [-0.05, 0) is 31.7 Å². The zero-order valence-corrected chi connectivity index (χ0v) is 10.4. The maximum atomic E-state index is 5.70. The maximum Gasteiger partial charge on any atom is 0.104 e. The minimum absolute atomic E-state index is 0.669. The van der Waals surface area contributed by atoms with Crippen LogP contribution < -0.4 is 0 Å². The van der Waals surface area contributed by atoms with E-state index in [2.05, 4.69) is 40.1 Å². The van der Waals surface area contributed by atoms with E-state index in [9.17, 15) is 0 Å². The molecule has 0 spiro atoms. The summed E-state index contributed by atoms with van der Waals surface area (Å²) in [5.74, 6) is 1.63. The number of fused-ring (bicyclic) bond motifs is 1. The van der Waals surface area contributed by atoms with Gasteiger partial charge in [0.05, 0.1) is 11.0 Å². The first-order chi connectivity index (χ1) is 7.69. The first kappa shape index (κ1) is 11.4. The smallest absolute Gasteiger partial charge is 0.104 e. The van der Waals surface area contributed by atoms with Gasteiger partial charge in [0.1, 0.15) is 5.82 Å². The molecule has 0 bridgehead atoms. The van der Waals surface area contributed by atoms with Gasteiger partial charge in [-0.1, -0.05) is 6.07 Å². The number of nitrogens with zero attached hydrogens (tertiary/aromatic N) is 2. The Balaban J connectivity index is 2.18. The molecule has 1 aromatic carbocycles. The molecule has 0 aliphatic carbocycles. The molecule has 1 aromatic heterocycles. The van der Waals surface area contributed by atoms with Crippen LogP contribution in [0.1, 0.15) is 11.4 Å². The third-order valence-corrected chi connectivity index (χ3v) is 2.75. The van der Waals surface area contributed by atoms with E-state index in [-0.39, 0.29) is 0 Å². The predicted molar refractivity (Wildman–Crippen MR) is 67.9 cm³/mol. The highest BCUT2D eigenvalue weighted by Crippen LogP contribution is 2.14. The van der Waals surface area contributed by atoms with E-state index in [1.54, 1.807) is 0 Å². The first-order valence-corrected chi connectivity index (χ1v) is 5.92. The summed E-state index contributed by atoms with van der Waals surface area (Å²) in [5, 5.41) is 0.